The lowest BCUT2D eigenvalue weighted by atomic mass is 10.1. The molecule has 0 spiro atoms. The Labute approximate surface area is 94.6 Å². The van der Waals surface area contributed by atoms with E-state index in [-0.39, 0.29) is 0 Å². The summed E-state index contributed by atoms with van der Waals surface area (Å²) in [5, 5.41) is 0. The molecule has 2 aromatic heterocycles. The second kappa shape index (κ2) is 3.98. The van der Waals surface area contributed by atoms with Crippen LogP contribution in [-0.2, 0) is 5.54 Å². The summed E-state index contributed by atoms with van der Waals surface area (Å²) in [6, 6.07) is 5.69. The van der Waals surface area contributed by atoms with Crippen molar-refractivity contribution in [2.45, 2.75) is 19.4 Å². The van der Waals surface area contributed by atoms with Gasteiger partial charge >= 0.3 is 0 Å². The topological polar surface area (TPSA) is 64.7 Å². The van der Waals surface area contributed by atoms with Gasteiger partial charge in [-0.25, -0.2) is 9.97 Å². The third kappa shape index (κ3) is 2.23. The molecule has 0 saturated carbocycles. The molecule has 0 saturated heterocycles. The fourth-order valence-corrected chi connectivity index (χ4v) is 1.34. The maximum absolute atomic E-state index is 5.96. The van der Waals surface area contributed by atoms with E-state index >= 15 is 0 Å². The summed E-state index contributed by atoms with van der Waals surface area (Å²) in [4.78, 5) is 12.7. The minimum atomic E-state index is -0.530. The van der Waals surface area contributed by atoms with Crippen molar-refractivity contribution in [2.24, 2.45) is 5.73 Å². The second-order valence-corrected chi connectivity index (χ2v) is 4.23. The van der Waals surface area contributed by atoms with Crippen molar-refractivity contribution in [2.75, 3.05) is 0 Å². The predicted octanol–water partition coefficient (Wildman–Crippen LogP) is 1.73. The Kier molecular flexibility index (Phi) is 2.66. The van der Waals surface area contributed by atoms with Crippen molar-refractivity contribution in [1.29, 1.82) is 0 Å². The Morgan fingerprint density at radius 1 is 1.19 bits per heavy atom. The van der Waals surface area contributed by atoms with E-state index in [0.717, 1.165) is 11.3 Å². The molecule has 2 heterocycles. The summed E-state index contributed by atoms with van der Waals surface area (Å²) in [7, 11) is 0. The number of pyridine rings is 1. The molecular formula is C12H14N4. The Balaban J connectivity index is 2.45. The quantitative estimate of drug-likeness (QED) is 0.826. The van der Waals surface area contributed by atoms with E-state index in [1.807, 2.05) is 32.0 Å². The van der Waals surface area contributed by atoms with E-state index in [9.17, 15) is 0 Å². The number of aromatic nitrogens is 3. The van der Waals surface area contributed by atoms with Gasteiger partial charge < -0.3 is 5.73 Å². The molecule has 4 nitrogen and oxygen atoms in total. The first-order chi connectivity index (χ1) is 7.57. The monoisotopic (exact) mass is 214 g/mol. The van der Waals surface area contributed by atoms with Crippen molar-refractivity contribution in [3.8, 4) is 11.3 Å². The van der Waals surface area contributed by atoms with Crippen LogP contribution in [0.1, 0.15) is 19.7 Å². The van der Waals surface area contributed by atoms with E-state index in [1.54, 1.807) is 18.6 Å². The molecule has 2 rings (SSSR count). The Bertz CT molecular complexity index is 474. The second-order valence-electron chi connectivity index (χ2n) is 4.23. The van der Waals surface area contributed by atoms with Gasteiger partial charge in [-0.15, -0.1) is 0 Å². The highest BCUT2D eigenvalue weighted by molar-refractivity contribution is 5.56. The highest BCUT2D eigenvalue weighted by atomic mass is 14.9. The summed E-state index contributed by atoms with van der Waals surface area (Å²) >= 11 is 0. The number of rotatable bonds is 2. The van der Waals surface area contributed by atoms with Gasteiger partial charge in [-0.3, -0.25) is 4.98 Å². The smallest absolute Gasteiger partial charge is 0.148 e. The van der Waals surface area contributed by atoms with Gasteiger partial charge in [0.1, 0.15) is 5.82 Å². The zero-order chi connectivity index (χ0) is 11.6. The fraction of sp³-hybridized carbons (Fsp3) is 0.250. The van der Waals surface area contributed by atoms with Gasteiger partial charge in [-0.2, -0.15) is 0 Å². The first kappa shape index (κ1) is 10.7. The van der Waals surface area contributed by atoms with Crippen LogP contribution in [0.5, 0.6) is 0 Å². The van der Waals surface area contributed by atoms with Crippen molar-refractivity contribution in [3.63, 3.8) is 0 Å². The molecule has 0 aliphatic carbocycles. The molecule has 0 fully saturated rings. The Morgan fingerprint density at radius 2 is 2.00 bits per heavy atom. The summed E-state index contributed by atoms with van der Waals surface area (Å²) < 4.78 is 0. The van der Waals surface area contributed by atoms with Crippen molar-refractivity contribution in [1.82, 2.24) is 15.0 Å². The first-order valence-corrected chi connectivity index (χ1v) is 5.10. The van der Waals surface area contributed by atoms with E-state index in [2.05, 4.69) is 15.0 Å². The third-order valence-corrected chi connectivity index (χ3v) is 2.19. The first-order valence-electron chi connectivity index (χ1n) is 5.10. The Hall–Kier alpha value is -1.81. The van der Waals surface area contributed by atoms with Gasteiger partial charge in [-0.1, -0.05) is 0 Å². The van der Waals surface area contributed by atoms with E-state index in [0.29, 0.717) is 5.82 Å². The van der Waals surface area contributed by atoms with Crippen LogP contribution >= 0.6 is 0 Å². The van der Waals surface area contributed by atoms with Crippen LogP contribution in [0.2, 0.25) is 0 Å². The predicted molar refractivity (Wildman–Crippen MR) is 62.5 cm³/mol. The van der Waals surface area contributed by atoms with Crippen LogP contribution in [0.25, 0.3) is 11.3 Å². The molecule has 16 heavy (non-hydrogen) atoms. The lowest BCUT2D eigenvalue weighted by Crippen LogP contribution is -2.31. The third-order valence-electron chi connectivity index (χ3n) is 2.19. The van der Waals surface area contributed by atoms with Crippen molar-refractivity contribution < 1.29 is 0 Å². The molecule has 4 heteroatoms. The number of hydrogen-bond acceptors (Lipinski definition) is 4. The van der Waals surface area contributed by atoms with Gasteiger partial charge in [0.15, 0.2) is 0 Å². The van der Waals surface area contributed by atoms with Gasteiger partial charge in [-0.05, 0) is 32.0 Å². The molecule has 0 unspecified atom stereocenters. The molecule has 0 bridgehead atoms. The van der Waals surface area contributed by atoms with Crippen molar-refractivity contribution >= 4 is 0 Å². The summed E-state index contributed by atoms with van der Waals surface area (Å²) in [6.07, 6.45) is 5.23. The van der Waals surface area contributed by atoms with Crippen LogP contribution in [0.4, 0.5) is 0 Å². The molecule has 82 valence electrons. The van der Waals surface area contributed by atoms with Crippen LogP contribution < -0.4 is 5.73 Å². The summed E-state index contributed by atoms with van der Waals surface area (Å²) in [5.41, 5.74) is 7.25. The molecule has 0 aromatic carbocycles. The maximum Gasteiger partial charge on any atom is 0.148 e. The standard InChI is InChI=1S/C12H14N4/c1-12(2,13)11-15-7-5-10(16-11)9-4-3-6-14-8-9/h3-8H,13H2,1-2H3. The van der Waals surface area contributed by atoms with Gasteiger partial charge in [0.2, 0.25) is 0 Å². The molecule has 0 atom stereocenters. The van der Waals surface area contributed by atoms with Gasteiger partial charge in [0, 0.05) is 24.2 Å². The average molecular weight is 214 g/mol. The molecule has 2 aromatic rings. The van der Waals surface area contributed by atoms with Crippen molar-refractivity contribution in [3.05, 3.63) is 42.6 Å². The highest BCUT2D eigenvalue weighted by Gasteiger charge is 2.17. The number of nitrogens with two attached hydrogens (primary N) is 1. The zero-order valence-electron chi connectivity index (χ0n) is 9.38. The lowest BCUT2D eigenvalue weighted by Gasteiger charge is -2.16. The largest absolute Gasteiger partial charge is 0.319 e. The number of nitrogens with zero attached hydrogens (tertiary/aromatic N) is 3. The minimum absolute atomic E-state index is 0.530. The van der Waals surface area contributed by atoms with Crippen LogP contribution in [0.3, 0.4) is 0 Å². The van der Waals surface area contributed by atoms with Crippen LogP contribution in [-0.4, -0.2) is 15.0 Å². The van der Waals surface area contributed by atoms with E-state index in [1.165, 1.54) is 0 Å². The molecule has 0 aliphatic rings. The van der Waals surface area contributed by atoms with E-state index < -0.39 is 5.54 Å². The minimum Gasteiger partial charge on any atom is -0.319 e. The van der Waals surface area contributed by atoms with Crippen LogP contribution in [0.15, 0.2) is 36.8 Å². The fourth-order valence-electron chi connectivity index (χ4n) is 1.34. The summed E-state index contributed by atoms with van der Waals surface area (Å²) in [5.74, 6) is 0.633. The SMILES string of the molecule is CC(C)(N)c1nccc(-c2cccnc2)n1. The maximum atomic E-state index is 5.96. The lowest BCUT2D eigenvalue weighted by molar-refractivity contribution is 0.514. The molecule has 0 amide bonds. The molecule has 0 aliphatic heterocycles. The van der Waals surface area contributed by atoms with Gasteiger partial charge in [0.25, 0.3) is 0 Å². The molecule has 2 N–H and O–H groups in total. The van der Waals surface area contributed by atoms with Gasteiger partial charge in [0.05, 0.1) is 11.2 Å². The number of hydrogen-bond donors (Lipinski definition) is 1. The zero-order valence-corrected chi connectivity index (χ0v) is 9.38. The normalized spacial score (nSPS) is 11.4. The summed E-state index contributed by atoms with van der Waals surface area (Å²) in [6.45, 7) is 3.77. The average Bonchev–Trinajstić information content (AvgIpc) is 2.29. The molecule has 0 radical (unpaired) electrons. The highest BCUT2D eigenvalue weighted by Crippen LogP contribution is 2.18. The van der Waals surface area contributed by atoms with Crippen LogP contribution in [0, 0.1) is 0 Å². The van der Waals surface area contributed by atoms with E-state index in [4.69, 9.17) is 5.73 Å². The Morgan fingerprint density at radius 3 is 2.62 bits per heavy atom. The molecular weight excluding hydrogens is 200 g/mol.